The van der Waals surface area contributed by atoms with E-state index in [1.165, 1.54) is 12.3 Å². The smallest absolute Gasteiger partial charge is 0.187 e. The minimum Gasteiger partial charge on any atom is -0.289 e. The topological polar surface area (TPSA) is 40.5 Å². The molecule has 3 heteroatoms. The van der Waals surface area contributed by atoms with Crippen LogP contribution in [0.25, 0.3) is 0 Å². The number of allylic oxidation sites excluding steroid dienone is 1. The van der Waals surface area contributed by atoms with Gasteiger partial charge in [-0.1, -0.05) is 48.5 Å². The van der Waals surface area contributed by atoms with Gasteiger partial charge < -0.3 is 0 Å². The summed E-state index contributed by atoms with van der Waals surface area (Å²) in [6.07, 6.45) is 2.67. The highest BCUT2D eigenvalue weighted by Gasteiger charge is 2.01. The van der Waals surface area contributed by atoms with Crippen LogP contribution in [0.15, 0.2) is 72.9 Å². The Labute approximate surface area is 106 Å². The summed E-state index contributed by atoms with van der Waals surface area (Å²) >= 11 is 0. The van der Waals surface area contributed by atoms with Crippen LogP contribution < -0.4 is 5.06 Å². The van der Waals surface area contributed by atoms with Crippen molar-refractivity contribution < 1.29 is 10.0 Å². The molecule has 0 spiro atoms. The van der Waals surface area contributed by atoms with E-state index in [1.807, 2.05) is 24.3 Å². The molecule has 0 aliphatic rings. The van der Waals surface area contributed by atoms with Crippen LogP contribution >= 0.6 is 0 Å². The van der Waals surface area contributed by atoms with Crippen LogP contribution in [0.1, 0.15) is 10.4 Å². The van der Waals surface area contributed by atoms with Gasteiger partial charge in [-0.25, -0.2) is 5.06 Å². The first kappa shape index (κ1) is 12.1. The molecule has 0 aromatic heterocycles. The van der Waals surface area contributed by atoms with E-state index in [1.54, 1.807) is 36.4 Å². The van der Waals surface area contributed by atoms with Crippen molar-refractivity contribution in [3.63, 3.8) is 0 Å². The lowest BCUT2D eigenvalue weighted by Gasteiger charge is -2.10. The molecule has 0 saturated carbocycles. The first-order valence-corrected chi connectivity index (χ1v) is 5.58. The van der Waals surface area contributed by atoms with Gasteiger partial charge in [0.2, 0.25) is 0 Å². The van der Waals surface area contributed by atoms with Gasteiger partial charge in [0, 0.05) is 17.8 Å². The zero-order valence-corrected chi connectivity index (χ0v) is 9.73. The largest absolute Gasteiger partial charge is 0.289 e. The molecule has 3 nitrogen and oxygen atoms in total. The maximum Gasteiger partial charge on any atom is 0.187 e. The fourth-order valence-corrected chi connectivity index (χ4v) is 1.50. The lowest BCUT2D eigenvalue weighted by atomic mass is 10.1. The third-order valence-electron chi connectivity index (χ3n) is 2.45. The number of carbonyl (C=O) groups excluding carboxylic acids is 1. The average Bonchev–Trinajstić information content (AvgIpc) is 2.46. The van der Waals surface area contributed by atoms with E-state index in [9.17, 15) is 10.0 Å². The molecule has 0 heterocycles. The Kier molecular flexibility index (Phi) is 3.89. The van der Waals surface area contributed by atoms with Crippen molar-refractivity contribution in [3.05, 3.63) is 78.5 Å². The maximum absolute atomic E-state index is 11.8. The molecule has 0 fully saturated rings. The summed E-state index contributed by atoms with van der Waals surface area (Å²) in [5.41, 5.74) is 1.20. The minimum atomic E-state index is -0.148. The lowest BCUT2D eigenvalue weighted by molar-refractivity contribution is 0.104. The molecule has 90 valence electrons. The number of anilines is 1. The molecule has 2 rings (SSSR count). The number of hydrogen-bond acceptors (Lipinski definition) is 3. The Morgan fingerprint density at radius 1 is 0.944 bits per heavy atom. The Morgan fingerprint density at radius 2 is 1.50 bits per heavy atom. The number of ketones is 1. The van der Waals surface area contributed by atoms with Gasteiger partial charge in [0.15, 0.2) is 5.78 Å². The summed E-state index contributed by atoms with van der Waals surface area (Å²) in [5, 5.41) is 10.6. The molecule has 0 aliphatic carbocycles. The lowest BCUT2D eigenvalue weighted by Crippen LogP contribution is -2.09. The van der Waals surface area contributed by atoms with Gasteiger partial charge in [-0.3, -0.25) is 10.0 Å². The van der Waals surface area contributed by atoms with Gasteiger partial charge in [0.1, 0.15) is 0 Å². The molecule has 0 bridgehead atoms. The third-order valence-corrected chi connectivity index (χ3v) is 2.45. The Bertz CT molecular complexity index is 535. The van der Waals surface area contributed by atoms with Crippen LogP contribution in [0.2, 0.25) is 0 Å². The van der Waals surface area contributed by atoms with Crippen LogP contribution in [0, 0.1) is 0 Å². The van der Waals surface area contributed by atoms with E-state index in [4.69, 9.17) is 0 Å². The van der Waals surface area contributed by atoms with Crippen molar-refractivity contribution in [1.82, 2.24) is 0 Å². The monoisotopic (exact) mass is 239 g/mol. The molecule has 0 amide bonds. The van der Waals surface area contributed by atoms with Crippen molar-refractivity contribution in [2.45, 2.75) is 0 Å². The molecular weight excluding hydrogens is 226 g/mol. The number of para-hydroxylation sites is 1. The SMILES string of the molecule is O=C(C=CN(O)c1ccccc1)c1ccccc1. The second-order valence-electron chi connectivity index (χ2n) is 3.73. The van der Waals surface area contributed by atoms with Gasteiger partial charge in [0.05, 0.1) is 5.69 Å². The summed E-state index contributed by atoms with van der Waals surface area (Å²) in [5.74, 6) is -0.148. The molecule has 2 aromatic rings. The van der Waals surface area contributed by atoms with Crippen LogP contribution in [0.5, 0.6) is 0 Å². The first-order valence-electron chi connectivity index (χ1n) is 5.58. The van der Waals surface area contributed by atoms with E-state index >= 15 is 0 Å². The van der Waals surface area contributed by atoms with Gasteiger partial charge in [-0.15, -0.1) is 0 Å². The molecule has 0 aliphatic heterocycles. The Balaban J connectivity index is 2.06. The van der Waals surface area contributed by atoms with Crippen LogP contribution in [-0.4, -0.2) is 11.0 Å². The number of nitrogens with zero attached hydrogens (tertiary/aromatic N) is 1. The molecular formula is C15H13NO2. The van der Waals surface area contributed by atoms with Crippen LogP contribution in [-0.2, 0) is 0 Å². The standard InChI is InChI=1S/C15H13NO2/c17-15(13-7-3-1-4-8-13)11-12-16(18)14-9-5-2-6-10-14/h1-12,18H. The quantitative estimate of drug-likeness (QED) is 0.505. The third kappa shape index (κ3) is 3.06. The number of rotatable bonds is 4. The maximum atomic E-state index is 11.8. The average molecular weight is 239 g/mol. The van der Waals surface area contributed by atoms with E-state index < -0.39 is 0 Å². The number of benzene rings is 2. The molecule has 0 saturated heterocycles. The van der Waals surface area contributed by atoms with Gasteiger partial charge in [-0.2, -0.15) is 0 Å². The van der Waals surface area contributed by atoms with Crippen LogP contribution in [0.3, 0.4) is 0 Å². The predicted octanol–water partition coefficient (Wildman–Crippen LogP) is 3.28. The van der Waals surface area contributed by atoms with Gasteiger partial charge >= 0.3 is 0 Å². The van der Waals surface area contributed by atoms with Crippen molar-refractivity contribution >= 4 is 11.5 Å². The normalized spacial score (nSPS) is 10.5. The molecule has 18 heavy (non-hydrogen) atoms. The zero-order chi connectivity index (χ0) is 12.8. The van der Waals surface area contributed by atoms with E-state index in [-0.39, 0.29) is 5.78 Å². The molecule has 0 radical (unpaired) electrons. The fraction of sp³-hybridized carbons (Fsp3) is 0. The molecule has 0 atom stereocenters. The van der Waals surface area contributed by atoms with Crippen LogP contribution in [0.4, 0.5) is 5.69 Å². The molecule has 2 aromatic carbocycles. The van der Waals surface area contributed by atoms with Crippen molar-refractivity contribution in [3.8, 4) is 0 Å². The first-order chi connectivity index (χ1) is 8.77. The summed E-state index contributed by atoms with van der Waals surface area (Å²) in [4.78, 5) is 11.8. The van der Waals surface area contributed by atoms with Crippen molar-refractivity contribution in [2.75, 3.05) is 5.06 Å². The summed E-state index contributed by atoms with van der Waals surface area (Å²) < 4.78 is 0. The summed E-state index contributed by atoms with van der Waals surface area (Å²) in [7, 11) is 0. The second-order valence-corrected chi connectivity index (χ2v) is 3.73. The van der Waals surface area contributed by atoms with E-state index in [2.05, 4.69) is 0 Å². The number of carbonyl (C=O) groups is 1. The van der Waals surface area contributed by atoms with E-state index in [0.29, 0.717) is 11.3 Å². The van der Waals surface area contributed by atoms with Gasteiger partial charge in [0.25, 0.3) is 0 Å². The zero-order valence-electron chi connectivity index (χ0n) is 9.73. The summed E-state index contributed by atoms with van der Waals surface area (Å²) in [6, 6.07) is 17.9. The van der Waals surface area contributed by atoms with Crippen molar-refractivity contribution in [1.29, 1.82) is 0 Å². The minimum absolute atomic E-state index is 0.148. The van der Waals surface area contributed by atoms with Gasteiger partial charge in [-0.05, 0) is 12.1 Å². The Hall–Kier alpha value is -2.39. The van der Waals surface area contributed by atoms with E-state index in [0.717, 1.165) is 5.06 Å². The second kappa shape index (κ2) is 5.80. The number of hydroxylamine groups is 1. The molecule has 1 N–H and O–H groups in total. The number of hydrogen-bond donors (Lipinski definition) is 1. The highest BCUT2D eigenvalue weighted by atomic mass is 16.5. The van der Waals surface area contributed by atoms with Crippen molar-refractivity contribution in [2.24, 2.45) is 0 Å². The fourth-order valence-electron chi connectivity index (χ4n) is 1.50. The predicted molar refractivity (Wildman–Crippen MR) is 70.6 cm³/mol. The molecule has 0 unspecified atom stereocenters. The summed E-state index contributed by atoms with van der Waals surface area (Å²) in [6.45, 7) is 0. The Morgan fingerprint density at radius 3 is 2.11 bits per heavy atom. The highest BCUT2D eigenvalue weighted by Crippen LogP contribution is 2.11. The highest BCUT2D eigenvalue weighted by molar-refractivity contribution is 6.04.